The SMILES string of the molecule is c1ccc(-c2ccc(-c3ccc(N(c4cccc(-c5cccc(-c6ccccc6)c5)c4)c4cccc(-c5ccc6ccccc6c5)c4)cc3)cc2)cc1. The Morgan fingerprint density at radius 1 is 0.189 bits per heavy atom. The van der Waals surface area contributed by atoms with Gasteiger partial charge in [-0.1, -0.05) is 176 Å². The summed E-state index contributed by atoms with van der Waals surface area (Å²) in [7, 11) is 0. The fourth-order valence-corrected chi connectivity index (χ4v) is 7.26. The fraction of sp³-hybridized carbons (Fsp3) is 0. The molecule has 0 fully saturated rings. The monoisotopic (exact) mass is 675 g/mol. The zero-order valence-electron chi connectivity index (χ0n) is 29.3. The highest BCUT2D eigenvalue weighted by Crippen LogP contribution is 2.40. The molecule has 0 unspecified atom stereocenters. The summed E-state index contributed by atoms with van der Waals surface area (Å²) in [5.41, 5.74) is 15.3. The van der Waals surface area contributed by atoms with E-state index in [0.717, 1.165) is 17.1 Å². The summed E-state index contributed by atoms with van der Waals surface area (Å²) >= 11 is 0. The molecule has 0 aromatic heterocycles. The molecule has 0 saturated heterocycles. The molecule has 0 aliphatic rings. The molecule has 0 aliphatic carbocycles. The summed E-state index contributed by atoms with van der Waals surface area (Å²) in [4.78, 5) is 2.37. The maximum Gasteiger partial charge on any atom is 0.0467 e. The molecule has 0 bridgehead atoms. The number of benzene rings is 9. The van der Waals surface area contributed by atoms with E-state index in [4.69, 9.17) is 0 Å². The van der Waals surface area contributed by atoms with Gasteiger partial charge < -0.3 is 4.90 Å². The molecule has 0 atom stereocenters. The van der Waals surface area contributed by atoms with Crippen LogP contribution in [0.1, 0.15) is 0 Å². The molecule has 9 rings (SSSR count). The van der Waals surface area contributed by atoms with E-state index in [1.807, 2.05) is 0 Å². The third-order valence-corrected chi connectivity index (χ3v) is 10.0. The van der Waals surface area contributed by atoms with Crippen molar-refractivity contribution in [1.82, 2.24) is 0 Å². The second kappa shape index (κ2) is 14.3. The van der Waals surface area contributed by atoms with Gasteiger partial charge >= 0.3 is 0 Å². The first-order chi connectivity index (χ1) is 26.2. The summed E-state index contributed by atoms with van der Waals surface area (Å²) in [5.74, 6) is 0. The summed E-state index contributed by atoms with van der Waals surface area (Å²) in [6.45, 7) is 0. The van der Waals surface area contributed by atoms with Crippen molar-refractivity contribution in [1.29, 1.82) is 0 Å². The minimum atomic E-state index is 1.10. The third kappa shape index (κ3) is 6.77. The first kappa shape index (κ1) is 32.0. The maximum absolute atomic E-state index is 2.37. The summed E-state index contributed by atoms with van der Waals surface area (Å²) < 4.78 is 0. The minimum Gasteiger partial charge on any atom is -0.310 e. The van der Waals surface area contributed by atoms with Crippen molar-refractivity contribution in [2.24, 2.45) is 0 Å². The average molecular weight is 676 g/mol. The molecule has 0 N–H and O–H groups in total. The maximum atomic E-state index is 2.37. The second-order valence-electron chi connectivity index (χ2n) is 13.4. The van der Waals surface area contributed by atoms with E-state index >= 15 is 0 Å². The first-order valence-corrected chi connectivity index (χ1v) is 18.2. The van der Waals surface area contributed by atoms with Gasteiger partial charge in [0.25, 0.3) is 0 Å². The molecule has 0 saturated carbocycles. The van der Waals surface area contributed by atoms with Crippen LogP contribution >= 0.6 is 0 Å². The molecule has 53 heavy (non-hydrogen) atoms. The third-order valence-electron chi connectivity index (χ3n) is 10.0. The predicted octanol–water partition coefficient (Wildman–Crippen LogP) is 14.6. The lowest BCUT2D eigenvalue weighted by Gasteiger charge is -2.27. The van der Waals surface area contributed by atoms with E-state index < -0.39 is 0 Å². The van der Waals surface area contributed by atoms with E-state index in [9.17, 15) is 0 Å². The lowest BCUT2D eigenvalue weighted by Crippen LogP contribution is -2.10. The van der Waals surface area contributed by atoms with Crippen LogP contribution in [-0.2, 0) is 0 Å². The number of anilines is 3. The molecular weight excluding hydrogens is 639 g/mol. The second-order valence-corrected chi connectivity index (χ2v) is 13.4. The van der Waals surface area contributed by atoms with E-state index in [2.05, 4.69) is 229 Å². The molecule has 0 radical (unpaired) electrons. The smallest absolute Gasteiger partial charge is 0.0467 e. The van der Waals surface area contributed by atoms with Gasteiger partial charge in [-0.3, -0.25) is 0 Å². The number of hydrogen-bond donors (Lipinski definition) is 0. The number of hydrogen-bond acceptors (Lipinski definition) is 1. The van der Waals surface area contributed by atoms with Crippen LogP contribution < -0.4 is 4.90 Å². The fourth-order valence-electron chi connectivity index (χ4n) is 7.26. The Balaban J connectivity index is 1.11. The number of nitrogens with zero attached hydrogens (tertiary/aromatic N) is 1. The standard InChI is InChI=1S/C52H37N/c1-3-12-38(13-4-1)41-24-26-42(27-25-41)43-30-32-50(33-31-43)53(52-23-11-21-48(37-52)49-29-28-40-16-7-8-17-44(40)35-49)51-22-10-20-47(36-51)46-19-9-18-45(34-46)39-14-5-2-6-15-39/h1-37H. The van der Waals surface area contributed by atoms with Crippen LogP contribution in [0.2, 0.25) is 0 Å². The van der Waals surface area contributed by atoms with Crippen LogP contribution in [-0.4, -0.2) is 0 Å². The Hall–Kier alpha value is -6.96. The zero-order valence-corrected chi connectivity index (χ0v) is 29.3. The molecular formula is C52H37N. The Morgan fingerprint density at radius 2 is 0.547 bits per heavy atom. The van der Waals surface area contributed by atoms with E-state index in [0.29, 0.717) is 0 Å². The van der Waals surface area contributed by atoms with Gasteiger partial charge in [-0.2, -0.15) is 0 Å². The van der Waals surface area contributed by atoms with Gasteiger partial charge in [0.2, 0.25) is 0 Å². The first-order valence-electron chi connectivity index (χ1n) is 18.2. The highest BCUT2D eigenvalue weighted by atomic mass is 15.1. The lowest BCUT2D eigenvalue weighted by atomic mass is 9.98. The Labute approximate surface area is 311 Å². The molecule has 250 valence electrons. The molecule has 9 aromatic rings. The molecule has 0 amide bonds. The molecule has 1 heteroatoms. The normalized spacial score (nSPS) is 11.0. The van der Waals surface area contributed by atoms with Gasteiger partial charge in [0.05, 0.1) is 0 Å². The Kier molecular flexibility index (Phi) is 8.66. The highest BCUT2D eigenvalue weighted by molar-refractivity contribution is 5.89. The predicted molar refractivity (Wildman–Crippen MR) is 226 cm³/mol. The molecule has 1 nitrogen and oxygen atoms in total. The van der Waals surface area contributed by atoms with Crippen LogP contribution in [0.25, 0.3) is 66.4 Å². The average Bonchev–Trinajstić information content (AvgIpc) is 3.25. The quantitative estimate of drug-likeness (QED) is 0.155. The van der Waals surface area contributed by atoms with Gasteiger partial charge in [-0.25, -0.2) is 0 Å². The molecule has 0 heterocycles. The minimum absolute atomic E-state index is 1.10. The summed E-state index contributed by atoms with van der Waals surface area (Å²) in [5, 5.41) is 2.49. The van der Waals surface area contributed by atoms with E-state index in [-0.39, 0.29) is 0 Å². The van der Waals surface area contributed by atoms with Crippen molar-refractivity contribution < 1.29 is 0 Å². The van der Waals surface area contributed by atoms with Crippen LogP contribution in [0.5, 0.6) is 0 Å². The van der Waals surface area contributed by atoms with E-state index in [1.54, 1.807) is 0 Å². The van der Waals surface area contributed by atoms with Crippen molar-refractivity contribution >= 4 is 27.8 Å². The number of rotatable bonds is 8. The molecule has 0 aliphatic heterocycles. The van der Waals surface area contributed by atoms with Crippen LogP contribution in [0.15, 0.2) is 224 Å². The van der Waals surface area contributed by atoms with Gasteiger partial charge in [-0.15, -0.1) is 0 Å². The molecule has 0 spiro atoms. The summed E-state index contributed by atoms with van der Waals surface area (Å²) in [6.07, 6.45) is 0. The summed E-state index contributed by atoms with van der Waals surface area (Å²) in [6, 6.07) is 80.8. The van der Waals surface area contributed by atoms with Crippen LogP contribution in [0, 0.1) is 0 Å². The van der Waals surface area contributed by atoms with Gasteiger partial charge in [0.1, 0.15) is 0 Å². The van der Waals surface area contributed by atoms with Crippen molar-refractivity contribution in [3.63, 3.8) is 0 Å². The van der Waals surface area contributed by atoms with Crippen molar-refractivity contribution in [3.8, 4) is 55.6 Å². The van der Waals surface area contributed by atoms with Crippen LogP contribution in [0.3, 0.4) is 0 Å². The van der Waals surface area contributed by atoms with E-state index in [1.165, 1.54) is 66.4 Å². The Bertz CT molecular complexity index is 2640. The topological polar surface area (TPSA) is 3.24 Å². The molecule has 9 aromatic carbocycles. The Morgan fingerprint density at radius 3 is 1.11 bits per heavy atom. The number of fused-ring (bicyclic) bond motifs is 1. The zero-order chi connectivity index (χ0) is 35.4. The lowest BCUT2D eigenvalue weighted by molar-refractivity contribution is 1.28. The van der Waals surface area contributed by atoms with Crippen molar-refractivity contribution in [2.75, 3.05) is 4.90 Å². The van der Waals surface area contributed by atoms with Gasteiger partial charge in [0.15, 0.2) is 0 Å². The van der Waals surface area contributed by atoms with Gasteiger partial charge in [0, 0.05) is 17.1 Å². The van der Waals surface area contributed by atoms with Crippen molar-refractivity contribution in [2.45, 2.75) is 0 Å². The van der Waals surface area contributed by atoms with Gasteiger partial charge in [-0.05, 0) is 115 Å². The highest BCUT2D eigenvalue weighted by Gasteiger charge is 2.15. The largest absolute Gasteiger partial charge is 0.310 e. The van der Waals surface area contributed by atoms with Crippen LogP contribution in [0.4, 0.5) is 17.1 Å². The van der Waals surface area contributed by atoms with Crippen molar-refractivity contribution in [3.05, 3.63) is 224 Å².